The molecule has 106 valence electrons. The quantitative estimate of drug-likeness (QED) is 0.889. The van der Waals surface area contributed by atoms with Crippen LogP contribution in [0.1, 0.15) is 29.6 Å². The Balaban J connectivity index is 2.05. The van der Waals surface area contributed by atoms with Crippen molar-refractivity contribution in [3.8, 4) is 0 Å². The predicted molar refractivity (Wildman–Crippen MR) is 70.2 cm³/mol. The average molecular weight is 286 g/mol. The van der Waals surface area contributed by atoms with Crippen molar-refractivity contribution in [2.45, 2.75) is 25.3 Å². The van der Waals surface area contributed by atoms with Crippen LogP contribution >= 0.6 is 0 Å². The van der Waals surface area contributed by atoms with Crippen LogP contribution in [0.3, 0.4) is 0 Å². The van der Waals surface area contributed by atoms with Crippen LogP contribution < -0.4 is 4.72 Å². The van der Waals surface area contributed by atoms with Gasteiger partial charge < -0.3 is 9.32 Å². The van der Waals surface area contributed by atoms with Gasteiger partial charge in [-0.05, 0) is 25.3 Å². The van der Waals surface area contributed by atoms with Crippen LogP contribution in [-0.4, -0.2) is 44.6 Å². The van der Waals surface area contributed by atoms with Gasteiger partial charge in [0.25, 0.3) is 5.91 Å². The highest BCUT2D eigenvalue weighted by atomic mass is 32.2. The lowest BCUT2D eigenvalue weighted by Crippen LogP contribution is -2.49. The number of furan rings is 1. The van der Waals surface area contributed by atoms with Crippen LogP contribution in [0.25, 0.3) is 0 Å². The maximum absolute atomic E-state index is 12.3. The van der Waals surface area contributed by atoms with E-state index in [4.69, 9.17) is 4.42 Å². The lowest BCUT2D eigenvalue weighted by Gasteiger charge is -2.35. The third-order valence-electron chi connectivity index (χ3n) is 3.24. The van der Waals surface area contributed by atoms with Gasteiger partial charge in [0.05, 0.1) is 18.1 Å². The second kappa shape index (κ2) is 5.75. The molecule has 1 fully saturated rings. The first-order chi connectivity index (χ1) is 8.97. The average Bonchev–Trinajstić information content (AvgIpc) is 2.89. The zero-order valence-corrected chi connectivity index (χ0v) is 11.6. The van der Waals surface area contributed by atoms with Crippen molar-refractivity contribution in [1.82, 2.24) is 9.62 Å². The largest absolute Gasteiger partial charge is 0.472 e. The van der Waals surface area contributed by atoms with Crippen molar-refractivity contribution in [2.75, 3.05) is 19.3 Å². The summed E-state index contributed by atoms with van der Waals surface area (Å²) in [5.74, 6) is -0.103. The summed E-state index contributed by atoms with van der Waals surface area (Å²) in [6.45, 7) is 0.919. The van der Waals surface area contributed by atoms with Gasteiger partial charge in [0.1, 0.15) is 6.26 Å². The van der Waals surface area contributed by atoms with E-state index in [-0.39, 0.29) is 18.5 Å². The zero-order valence-electron chi connectivity index (χ0n) is 10.8. The topological polar surface area (TPSA) is 79.6 Å². The third kappa shape index (κ3) is 3.81. The molecule has 1 aromatic rings. The number of nitrogens with one attached hydrogen (secondary N) is 1. The number of nitrogens with zero attached hydrogens (tertiary/aromatic N) is 1. The Morgan fingerprint density at radius 2 is 2.32 bits per heavy atom. The van der Waals surface area contributed by atoms with Gasteiger partial charge in [0.15, 0.2) is 0 Å². The highest BCUT2D eigenvalue weighted by molar-refractivity contribution is 7.88. The molecule has 6 nitrogen and oxygen atoms in total. The fourth-order valence-electron chi connectivity index (χ4n) is 2.28. The summed E-state index contributed by atoms with van der Waals surface area (Å²) < 4.78 is 29.7. The Morgan fingerprint density at radius 1 is 1.53 bits per heavy atom. The number of sulfonamides is 1. The summed E-state index contributed by atoms with van der Waals surface area (Å²) >= 11 is 0. The molecule has 1 atom stereocenters. The number of likely N-dealkylation sites (tertiary alicyclic amines) is 1. The number of carbonyl (C=O) groups excluding carboxylic acids is 1. The van der Waals surface area contributed by atoms with E-state index in [9.17, 15) is 13.2 Å². The summed E-state index contributed by atoms with van der Waals surface area (Å²) in [6.07, 6.45) is 6.76. The number of amides is 1. The van der Waals surface area contributed by atoms with Gasteiger partial charge >= 0.3 is 0 Å². The van der Waals surface area contributed by atoms with Gasteiger partial charge in [-0.2, -0.15) is 0 Å². The van der Waals surface area contributed by atoms with Crippen molar-refractivity contribution < 1.29 is 17.6 Å². The van der Waals surface area contributed by atoms with Crippen molar-refractivity contribution in [1.29, 1.82) is 0 Å². The molecule has 0 saturated carbocycles. The van der Waals surface area contributed by atoms with Crippen LogP contribution in [0.4, 0.5) is 0 Å². The molecule has 1 unspecified atom stereocenters. The molecule has 0 aliphatic carbocycles. The molecule has 7 heteroatoms. The fraction of sp³-hybridized carbons (Fsp3) is 0.583. The summed E-state index contributed by atoms with van der Waals surface area (Å²) in [5, 5.41) is 0. The molecule has 19 heavy (non-hydrogen) atoms. The monoisotopic (exact) mass is 286 g/mol. The summed E-state index contributed by atoms with van der Waals surface area (Å²) in [6, 6.07) is 1.53. The lowest BCUT2D eigenvalue weighted by molar-refractivity contribution is 0.0618. The highest BCUT2D eigenvalue weighted by Crippen LogP contribution is 2.19. The molecule has 0 aromatic carbocycles. The van der Waals surface area contributed by atoms with Crippen molar-refractivity contribution in [2.24, 2.45) is 0 Å². The molecule has 1 aliphatic heterocycles. The van der Waals surface area contributed by atoms with Gasteiger partial charge in [0, 0.05) is 19.1 Å². The minimum Gasteiger partial charge on any atom is -0.472 e. The van der Waals surface area contributed by atoms with Crippen LogP contribution in [0.15, 0.2) is 23.0 Å². The number of rotatable bonds is 4. The fourth-order valence-corrected chi connectivity index (χ4v) is 2.77. The molecular formula is C12H18N2O4S. The summed E-state index contributed by atoms with van der Waals surface area (Å²) in [5.41, 5.74) is 0.506. The van der Waals surface area contributed by atoms with Crippen molar-refractivity contribution in [3.05, 3.63) is 24.2 Å². The van der Waals surface area contributed by atoms with Gasteiger partial charge in [-0.1, -0.05) is 0 Å². The van der Waals surface area contributed by atoms with E-state index in [0.29, 0.717) is 12.1 Å². The number of piperidine rings is 1. The maximum Gasteiger partial charge on any atom is 0.257 e. The Bertz CT molecular complexity index is 524. The standard InChI is InChI=1S/C12H18N2O4S/c1-19(16,17)13-8-11-4-2-3-6-14(11)12(15)10-5-7-18-9-10/h5,7,9,11,13H,2-4,6,8H2,1H3. The normalized spacial score (nSPS) is 20.5. The third-order valence-corrected chi connectivity index (χ3v) is 3.93. The molecule has 1 aromatic heterocycles. The second-order valence-corrected chi connectivity index (χ2v) is 6.61. The second-order valence-electron chi connectivity index (χ2n) is 4.78. The molecule has 2 rings (SSSR count). The van der Waals surface area contributed by atoms with Crippen molar-refractivity contribution in [3.63, 3.8) is 0 Å². The van der Waals surface area contributed by atoms with E-state index in [1.54, 1.807) is 11.0 Å². The smallest absolute Gasteiger partial charge is 0.257 e. The van der Waals surface area contributed by atoms with Crippen LogP contribution in [0.5, 0.6) is 0 Å². The van der Waals surface area contributed by atoms with Crippen LogP contribution in [0.2, 0.25) is 0 Å². The minimum absolute atomic E-state index is 0.0918. The molecule has 0 radical (unpaired) electrons. The molecule has 2 heterocycles. The van der Waals surface area contributed by atoms with Crippen molar-refractivity contribution >= 4 is 15.9 Å². The van der Waals surface area contributed by atoms with E-state index in [1.165, 1.54) is 12.5 Å². The number of hydrogen-bond acceptors (Lipinski definition) is 4. The molecule has 1 N–H and O–H groups in total. The minimum atomic E-state index is -3.23. The SMILES string of the molecule is CS(=O)(=O)NCC1CCCCN1C(=O)c1ccoc1. The predicted octanol–water partition coefficient (Wildman–Crippen LogP) is 0.823. The Labute approximate surface area is 112 Å². The molecule has 1 amide bonds. The van der Waals surface area contributed by atoms with E-state index in [2.05, 4.69) is 4.72 Å². The van der Waals surface area contributed by atoms with Gasteiger partial charge in [-0.25, -0.2) is 13.1 Å². The van der Waals surface area contributed by atoms with E-state index >= 15 is 0 Å². The number of carbonyl (C=O) groups is 1. The Morgan fingerprint density at radius 3 is 2.95 bits per heavy atom. The van der Waals surface area contributed by atoms with Crippen LogP contribution in [0, 0.1) is 0 Å². The van der Waals surface area contributed by atoms with Gasteiger partial charge in [-0.15, -0.1) is 0 Å². The first-order valence-corrected chi connectivity index (χ1v) is 8.14. The first-order valence-electron chi connectivity index (χ1n) is 6.25. The molecular weight excluding hydrogens is 268 g/mol. The molecule has 1 aliphatic rings. The van der Waals surface area contributed by atoms with Gasteiger partial charge in [0.2, 0.25) is 10.0 Å². The van der Waals surface area contributed by atoms with Gasteiger partial charge in [-0.3, -0.25) is 4.79 Å². The summed E-state index contributed by atoms with van der Waals surface area (Å²) in [4.78, 5) is 14.0. The summed E-state index contributed by atoms with van der Waals surface area (Å²) in [7, 11) is -3.23. The lowest BCUT2D eigenvalue weighted by atomic mass is 10.0. The van der Waals surface area contributed by atoms with E-state index < -0.39 is 10.0 Å². The van der Waals surface area contributed by atoms with E-state index in [1.807, 2.05) is 0 Å². The molecule has 0 bridgehead atoms. The first kappa shape index (κ1) is 14.1. The highest BCUT2D eigenvalue weighted by Gasteiger charge is 2.28. The Kier molecular flexibility index (Phi) is 4.26. The maximum atomic E-state index is 12.3. The molecule has 0 spiro atoms. The van der Waals surface area contributed by atoms with E-state index in [0.717, 1.165) is 25.5 Å². The van der Waals surface area contributed by atoms with Crippen LogP contribution in [-0.2, 0) is 10.0 Å². The molecule has 1 saturated heterocycles. The Hall–Kier alpha value is -1.34. The number of hydrogen-bond donors (Lipinski definition) is 1. The zero-order chi connectivity index (χ0) is 13.9.